The maximum Gasteiger partial charge on any atom is 0.208 e. The van der Waals surface area contributed by atoms with E-state index >= 15 is 0 Å². The highest BCUT2D eigenvalue weighted by molar-refractivity contribution is 7.15. The third-order valence-corrected chi connectivity index (χ3v) is 3.87. The third kappa shape index (κ3) is 2.02. The van der Waals surface area contributed by atoms with Crippen LogP contribution in [0.4, 0.5) is 9.52 Å². The number of rotatable bonds is 1. The molecule has 1 aromatic carbocycles. The van der Waals surface area contributed by atoms with Crippen molar-refractivity contribution in [2.45, 2.75) is 19.9 Å². The fraction of sp³-hybridized carbons (Fsp3) is 0.333. The molecule has 0 amide bonds. The summed E-state index contributed by atoms with van der Waals surface area (Å²) in [5.74, 6) is -0.149. The Morgan fingerprint density at radius 1 is 1.29 bits per heavy atom. The van der Waals surface area contributed by atoms with Gasteiger partial charge in [-0.2, -0.15) is 0 Å². The molecule has 2 aromatic rings. The van der Waals surface area contributed by atoms with E-state index in [1.807, 2.05) is 13.0 Å². The van der Waals surface area contributed by atoms with Crippen LogP contribution in [0.5, 0.6) is 0 Å². The van der Waals surface area contributed by atoms with Gasteiger partial charge in [0.15, 0.2) is 0 Å². The Morgan fingerprint density at radius 3 is 2.94 bits per heavy atom. The molecule has 5 heteroatoms. The Hall–Kier alpha value is -1.49. The van der Waals surface area contributed by atoms with Gasteiger partial charge in [-0.1, -0.05) is 17.4 Å². The van der Waals surface area contributed by atoms with Gasteiger partial charge < -0.3 is 4.90 Å². The lowest BCUT2D eigenvalue weighted by atomic mass is 10.0. The SMILES string of the molecule is Cc1nnc(N2CCc3cc(F)ccc3C2)s1. The highest BCUT2D eigenvalue weighted by Crippen LogP contribution is 2.26. The maximum absolute atomic E-state index is 13.1. The molecule has 17 heavy (non-hydrogen) atoms. The molecule has 0 spiro atoms. The van der Waals surface area contributed by atoms with Crippen molar-refractivity contribution in [3.05, 3.63) is 40.2 Å². The molecule has 88 valence electrons. The molecule has 0 radical (unpaired) electrons. The smallest absolute Gasteiger partial charge is 0.208 e. The van der Waals surface area contributed by atoms with E-state index in [0.717, 1.165) is 35.2 Å². The Kier molecular flexibility index (Phi) is 2.55. The molecule has 1 aliphatic rings. The van der Waals surface area contributed by atoms with E-state index in [2.05, 4.69) is 15.1 Å². The fourth-order valence-corrected chi connectivity index (χ4v) is 2.81. The first-order valence-electron chi connectivity index (χ1n) is 5.55. The molecule has 0 saturated carbocycles. The summed E-state index contributed by atoms with van der Waals surface area (Å²) in [7, 11) is 0. The van der Waals surface area contributed by atoms with Gasteiger partial charge in [-0.3, -0.25) is 0 Å². The lowest BCUT2D eigenvalue weighted by molar-refractivity contribution is 0.619. The van der Waals surface area contributed by atoms with Gasteiger partial charge in [0.25, 0.3) is 0 Å². The Balaban J connectivity index is 1.88. The zero-order valence-electron chi connectivity index (χ0n) is 9.48. The second-order valence-electron chi connectivity index (χ2n) is 4.19. The van der Waals surface area contributed by atoms with E-state index in [4.69, 9.17) is 0 Å². The van der Waals surface area contributed by atoms with Crippen molar-refractivity contribution in [1.82, 2.24) is 10.2 Å². The van der Waals surface area contributed by atoms with Crippen LogP contribution in [0.15, 0.2) is 18.2 Å². The maximum atomic E-state index is 13.1. The van der Waals surface area contributed by atoms with E-state index in [-0.39, 0.29) is 5.82 Å². The largest absolute Gasteiger partial charge is 0.342 e. The van der Waals surface area contributed by atoms with Gasteiger partial charge in [0.2, 0.25) is 5.13 Å². The molecule has 3 nitrogen and oxygen atoms in total. The van der Waals surface area contributed by atoms with Gasteiger partial charge in [0.1, 0.15) is 10.8 Å². The zero-order chi connectivity index (χ0) is 11.8. The second-order valence-corrected chi connectivity index (χ2v) is 5.35. The number of halogens is 1. The number of benzene rings is 1. The number of anilines is 1. The molecule has 0 saturated heterocycles. The van der Waals surface area contributed by atoms with Crippen molar-refractivity contribution >= 4 is 16.5 Å². The Morgan fingerprint density at radius 2 is 2.18 bits per heavy atom. The van der Waals surface area contributed by atoms with Crippen molar-refractivity contribution in [2.75, 3.05) is 11.4 Å². The van der Waals surface area contributed by atoms with Gasteiger partial charge in [0.05, 0.1) is 0 Å². The Bertz CT molecular complexity index is 552. The normalized spacial score (nSPS) is 14.8. The molecule has 1 aliphatic heterocycles. The van der Waals surface area contributed by atoms with Gasteiger partial charge in [0, 0.05) is 13.1 Å². The van der Waals surface area contributed by atoms with Crippen LogP contribution in [0.3, 0.4) is 0 Å². The monoisotopic (exact) mass is 249 g/mol. The van der Waals surface area contributed by atoms with Crippen molar-refractivity contribution in [1.29, 1.82) is 0 Å². The lowest BCUT2D eigenvalue weighted by Crippen LogP contribution is -2.30. The number of hydrogen-bond donors (Lipinski definition) is 0. The first-order valence-corrected chi connectivity index (χ1v) is 6.36. The molecule has 2 heterocycles. The number of fused-ring (bicyclic) bond motifs is 1. The van der Waals surface area contributed by atoms with E-state index < -0.39 is 0 Å². The summed E-state index contributed by atoms with van der Waals surface area (Å²) < 4.78 is 13.1. The van der Waals surface area contributed by atoms with E-state index in [0.29, 0.717) is 0 Å². The van der Waals surface area contributed by atoms with Crippen LogP contribution in [-0.2, 0) is 13.0 Å². The number of nitrogens with zero attached hydrogens (tertiary/aromatic N) is 3. The van der Waals surface area contributed by atoms with Crippen LogP contribution in [0.25, 0.3) is 0 Å². The standard InChI is InChI=1S/C12H12FN3S/c1-8-14-15-12(17-8)16-5-4-9-6-11(13)3-2-10(9)7-16/h2-3,6H,4-5,7H2,1H3. The van der Waals surface area contributed by atoms with Crippen LogP contribution in [0.2, 0.25) is 0 Å². The van der Waals surface area contributed by atoms with Crippen molar-refractivity contribution < 1.29 is 4.39 Å². The molecule has 0 bridgehead atoms. The van der Waals surface area contributed by atoms with E-state index in [1.54, 1.807) is 17.4 Å². The molecule has 3 rings (SSSR count). The van der Waals surface area contributed by atoms with Gasteiger partial charge in [-0.15, -0.1) is 10.2 Å². The fourth-order valence-electron chi connectivity index (χ4n) is 2.10. The van der Waals surface area contributed by atoms with Crippen molar-refractivity contribution in [2.24, 2.45) is 0 Å². The minimum Gasteiger partial charge on any atom is -0.342 e. The number of aryl methyl sites for hydroxylation is 1. The first kappa shape index (κ1) is 10.7. The minimum atomic E-state index is -0.149. The topological polar surface area (TPSA) is 29.0 Å². The van der Waals surface area contributed by atoms with Crippen LogP contribution in [0, 0.1) is 12.7 Å². The van der Waals surface area contributed by atoms with Gasteiger partial charge in [-0.05, 0) is 36.6 Å². The predicted molar refractivity (Wildman–Crippen MR) is 65.8 cm³/mol. The molecule has 0 atom stereocenters. The molecule has 1 aromatic heterocycles. The van der Waals surface area contributed by atoms with Gasteiger partial charge in [-0.25, -0.2) is 4.39 Å². The quantitative estimate of drug-likeness (QED) is 0.777. The Labute approximate surface area is 103 Å². The highest BCUT2D eigenvalue weighted by Gasteiger charge is 2.19. The predicted octanol–water partition coefficient (Wildman–Crippen LogP) is 2.55. The molecular weight excluding hydrogens is 237 g/mol. The van der Waals surface area contributed by atoms with Gasteiger partial charge >= 0.3 is 0 Å². The molecule has 0 aliphatic carbocycles. The first-order chi connectivity index (χ1) is 8.22. The minimum absolute atomic E-state index is 0.149. The summed E-state index contributed by atoms with van der Waals surface area (Å²) in [6, 6.07) is 5.02. The summed E-state index contributed by atoms with van der Waals surface area (Å²) >= 11 is 1.60. The van der Waals surface area contributed by atoms with Crippen LogP contribution >= 0.6 is 11.3 Å². The van der Waals surface area contributed by atoms with E-state index in [1.165, 1.54) is 11.6 Å². The van der Waals surface area contributed by atoms with Crippen molar-refractivity contribution in [3.8, 4) is 0 Å². The lowest BCUT2D eigenvalue weighted by Gasteiger charge is -2.27. The highest BCUT2D eigenvalue weighted by atomic mass is 32.1. The van der Waals surface area contributed by atoms with Crippen LogP contribution < -0.4 is 4.90 Å². The number of hydrogen-bond acceptors (Lipinski definition) is 4. The molecule has 0 unspecified atom stereocenters. The van der Waals surface area contributed by atoms with E-state index in [9.17, 15) is 4.39 Å². The summed E-state index contributed by atoms with van der Waals surface area (Å²) in [6.07, 6.45) is 0.867. The van der Waals surface area contributed by atoms with Crippen molar-refractivity contribution in [3.63, 3.8) is 0 Å². The van der Waals surface area contributed by atoms with Crippen LogP contribution in [0.1, 0.15) is 16.1 Å². The second kappa shape index (κ2) is 4.07. The summed E-state index contributed by atoms with van der Waals surface area (Å²) in [6.45, 7) is 3.63. The third-order valence-electron chi connectivity index (χ3n) is 2.97. The summed E-state index contributed by atoms with van der Waals surface area (Å²) in [5.41, 5.74) is 2.30. The van der Waals surface area contributed by atoms with Crippen LogP contribution in [-0.4, -0.2) is 16.7 Å². The molecular formula is C12H12FN3S. The summed E-state index contributed by atoms with van der Waals surface area (Å²) in [5, 5.41) is 10.1. The number of aromatic nitrogens is 2. The average Bonchev–Trinajstić information content (AvgIpc) is 2.75. The molecule has 0 N–H and O–H groups in total. The molecule has 0 fully saturated rings. The zero-order valence-corrected chi connectivity index (χ0v) is 10.3. The average molecular weight is 249 g/mol. The summed E-state index contributed by atoms with van der Waals surface area (Å²) in [4.78, 5) is 2.20.